The second kappa shape index (κ2) is 10.2. The zero-order chi connectivity index (χ0) is 21.7. The van der Waals surface area contributed by atoms with E-state index >= 15 is 0 Å². The van der Waals surface area contributed by atoms with Crippen LogP contribution in [0.15, 0.2) is 50.8 Å². The fourth-order valence-electron chi connectivity index (χ4n) is 3.08. The first-order chi connectivity index (χ1) is 14.5. The Labute approximate surface area is 190 Å². The van der Waals surface area contributed by atoms with Crippen molar-refractivity contribution in [1.29, 1.82) is 0 Å². The summed E-state index contributed by atoms with van der Waals surface area (Å²) in [4.78, 5) is 19.5. The van der Waals surface area contributed by atoms with Gasteiger partial charge in [0, 0.05) is 17.6 Å². The second-order valence-corrected chi connectivity index (χ2v) is 8.58. The van der Waals surface area contributed by atoms with Crippen LogP contribution in [0.5, 0.6) is 11.5 Å². The number of nitrogens with zero attached hydrogens (tertiary/aromatic N) is 2. The molecule has 0 bridgehead atoms. The summed E-state index contributed by atoms with van der Waals surface area (Å²) in [6, 6.07) is 12.0. The molecule has 30 heavy (non-hydrogen) atoms. The molecular weight excluding hydrogens is 464 g/mol. The largest absolute Gasteiger partial charge is 0.493 e. The number of carbonyl (C=O) groups is 1. The van der Waals surface area contributed by atoms with Gasteiger partial charge in [-0.25, -0.2) is 0 Å². The van der Waals surface area contributed by atoms with Crippen molar-refractivity contribution in [3.8, 4) is 11.5 Å². The number of carbonyl (C=O) groups excluding carboxylic acids is 1. The SMILES string of the molecule is CCN=C1S/C(=C/c2cc(OC)c(OCc3cccc(C)c3)cc2Br)C(=O)N1CC. The van der Waals surface area contributed by atoms with Gasteiger partial charge in [0.25, 0.3) is 5.91 Å². The molecule has 0 aliphatic carbocycles. The Morgan fingerprint density at radius 2 is 2.00 bits per heavy atom. The number of hydrogen-bond acceptors (Lipinski definition) is 5. The van der Waals surface area contributed by atoms with Crippen LogP contribution in [0.25, 0.3) is 6.08 Å². The number of benzene rings is 2. The first-order valence-corrected chi connectivity index (χ1v) is 11.4. The first-order valence-electron chi connectivity index (χ1n) is 9.78. The van der Waals surface area contributed by atoms with Crippen molar-refractivity contribution in [2.45, 2.75) is 27.4 Å². The minimum atomic E-state index is -0.0275. The monoisotopic (exact) mass is 488 g/mol. The molecule has 5 nitrogen and oxygen atoms in total. The van der Waals surface area contributed by atoms with Crippen LogP contribution in [-0.4, -0.2) is 36.2 Å². The molecule has 1 amide bonds. The molecule has 2 aromatic rings. The predicted octanol–water partition coefficient (Wildman–Crippen LogP) is 5.66. The highest BCUT2D eigenvalue weighted by atomic mass is 79.9. The molecule has 0 N–H and O–H groups in total. The third kappa shape index (κ3) is 5.08. The fraction of sp³-hybridized carbons (Fsp3) is 0.304. The van der Waals surface area contributed by atoms with Crippen LogP contribution in [-0.2, 0) is 11.4 Å². The lowest BCUT2D eigenvalue weighted by Gasteiger charge is -2.13. The van der Waals surface area contributed by atoms with Gasteiger partial charge in [-0.2, -0.15) is 0 Å². The Hall–Kier alpha value is -2.25. The lowest BCUT2D eigenvalue weighted by Crippen LogP contribution is -2.28. The van der Waals surface area contributed by atoms with Crippen molar-refractivity contribution < 1.29 is 14.3 Å². The third-order valence-corrected chi connectivity index (χ3v) is 6.28. The lowest BCUT2D eigenvalue weighted by atomic mass is 10.1. The van der Waals surface area contributed by atoms with Crippen LogP contribution in [0.4, 0.5) is 0 Å². The number of likely N-dealkylation sites (N-methyl/N-ethyl adjacent to an activating group) is 1. The van der Waals surface area contributed by atoms with E-state index in [4.69, 9.17) is 9.47 Å². The Balaban J connectivity index is 1.86. The maximum atomic E-state index is 12.7. The molecule has 7 heteroatoms. The molecule has 0 saturated carbocycles. The topological polar surface area (TPSA) is 51.1 Å². The maximum absolute atomic E-state index is 12.7. The molecule has 3 rings (SSSR count). The molecule has 2 aromatic carbocycles. The summed E-state index contributed by atoms with van der Waals surface area (Å²) in [5.41, 5.74) is 3.13. The van der Waals surface area contributed by atoms with E-state index in [-0.39, 0.29) is 5.91 Å². The minimum absolute atomic E-state index is 0.0275. The Morgan fingerprint density at radius 3 is 2.67 bits per heavy atom. The molecule has 0 unspecified atom stereocenters. The van der Waals surface area contributed by atoms with Gasteiger partial charge in [-0.15, -0.1) is 0 Å². The number of thioether (sulfide) groups is 1. The molecule has 1 heterocycles. The van der Waals surface area contributed by atoms with E-state index in [2.05, 4.69) is 40.0 Å². The molecule has 0 radical (unpaired) electrons. The molecule has 0 aromatic heterocycles. The van der Waals surface area contributed by atoms with Crippen molar-refractivity contribution in [2.75, 3.05) is 20.2 Å². The lowest BCUT2D eigenvalue weighted by molar-refractivity contribution is -0.122. The molecule has 1 aliphatic heterocycles. The van der Waals surface area contributed by atoms with Gasteiger partial charge in [-0.1, -0.05) is 45.8 Å². The minimum Gasteiger partial charge on any atom is -0.493 e. The summed E-state index contributed by atoms with van der Waals surface area (Å²) in [6.07, 6.45) is 1.87. The van der Waals surface area contributed by atoms with E-state index < -0.39 is 0 Å². The van der Waals surface area contributed by atoms with E-state index in [9.17, 15) is 4.79 Å². The molecule has 1 fully saturated rings. The number of amides is 1. The highest BCUT2D eigenvalue weighted by Gasteiger charge is 2.32. The number of hydrogen-bond donors (Lipinski definition) is 0. The summed E-state index contributed by atoms with van der Waals surface area (Å²) in [7, 11) is 1.61. The maximum Gasteiger partial charge on any atom is 0.266 e. The van der Waals surface area contributed by atoms with E-state index in [1.807, 2.05) is 44.2 Å². The first kappa shape index (κ1) is 22.4. The van der Waals surface area contributed by atoms with Crippen molar-refractivity contribution in [3.05, 3.63) is 62.5 Å². The van der Waals surface area contributed by atoms with Crippen LogP contribution in [0.2, 0.25) is 0 Å². The highest BCUT2D eigenvalue weighted by molar-refractivity contribution is 9.10. The molecule has 1 aliphatic rings. The van der Waals surface area contributed by atoms with E-state index in [1.165, 1.54) is 17.3 Å². The summed E-state index contributed by atoms with van der Waals surface area (Å²) in [5.74, 6) is 1.23. The van der Waals surface area contributed by atoms with Crippen molar-refractivity contribution in [2.24, 2.45) is 4.99 Å². The average molecular weight is 489 g/mol. The van der Waals surface area contributed by atoms with E-state index in [1.54, 1.807) is 12.0 Å². The summed E-state index contributed by atoms with van der Waals surface area (Å²) >= 11 is 5.01. The van der Waals surface area contributed by atoms with Gasteiger partial charge in [0.2, 0.25) is 0 Å². The number of rotatable bonds is 7. The van der Waals surface area contributed by atoms with Gasteiger partial charge in [0.05, 0.1) is 12.0 Å². The van der Waals surface area contributed by atoms with E-state index in [0.717, 1.165) is 20.8 Å². The average Bonchev–Trinajstić information content (AvgIpc) is 3.02. The van der Waals surface area contributed by atoms with Crippen LogP contribution < -0.4 is 9.47 Å². The van der Waals surface area contributed by atoms with Crippen molar-refractivity contribution in [1.82, 2.24) is 4.90 Å². The van der Waals surface area contributed by atoms with Crippen LogP contribution in [0.3, 0.4) is 0 Å². The third-order valence-electron chi connectivity index (χ3n) is 4.54. The molecule has 0 spiro atoms. The van der Waals surface area contributed by atoms with Gasteiger partial charge in [-0.3, -0.25) is 14.7 Å². The molecular formula is C23H25BrN2O3S. The zero-order valence-corrected chi connectivity index (χ0v) is 20.0. The van der Waals surface area contributed by atoms with Crippen LogP contribution in [0.1, 0.15) is 30.5 Å². The number of ether oxygens (including phenoxy) is 2. The zero-order valence-electron chi connectivity index (χ0n) is 17.6. The van der Waals surface area contributed by atoms with E-state index in [0.29, 0.717) is 36.1 Å². The number of methoxy groups -OCH3 is 1. The molecule has 1 saturated heterocycles. The van der Waals surface area contributed by atoms with Gasteiger partial charge in [0.1, 0.15) is 6.61 Å². The van der Waals surface area contributed by atoms with Gasteiger partial charge < -0.3 is 9.47 Å². The summed E-state index contributed by atoms with van der Waals surface area (Å²) in [5, 5.41) is 0.748. The number of halogens is 1. The van der Waals surface area contributed by atoms with Gasteiger partial charge >= 0.3 is 0 Å². The normalized spacial score (nSPS) is 16.6. The smallest absolute Gasteiger partial charge is 0.266 e. The van der Waals surface area contributed by atoms with Gasteiger partial charge in [-0.05, 0) is 61.9 Å². The number of aryl methyl sites for hydroxylation is 1. The number of aliphatic imine (C=N–C) groups is 1. The van der Waals surface area contributed by atoms with Gasteiger partial charge in [0.15, 0.2) is 16.7 Å². The predicted molar refractivity (Wildman–Crippen MR) is 127 cm³/mol. The molecule has 0 atom stereocenters. The highest BCUT2D eigenvalue weighted by Crippen LogP contribution is 2.38. The second-order valence-electron chi connectivity index (χ2n) is 6.72. The molecule has 158 valence electrons. The van der Waals surface area contributed by atoms with Crippen molar-refractivity contribution in [3.63, 3.8) is 0 Å². The Kier molecular flexibility index (Phi) is 7.61. The van der Waals surface area contributed by atoms with Crippen molar-refractivity contribution >= 4 is 44.8 Å². The quantitative estimate of drug-likeness (QED) is 0.472. The van der Waals surface area contributed by atoms with Crippen LogP contribution in [0, 0.1) is 6.92 Å². The fourth-order valence-corrected chi connectivity index (χ4v) is 4.61. The van der Waals surface area contributed by atoms with Crippen LogP contribution >= 0.6 is 27.7 Å². The standard InChI is InChI=1S/C23H25BrN2O3S/c1-5-25-23-26(6-2)22(27)21(30-23)12-17-11-19(28-4)20(13-18(17)24)29-14-16-9-7-8-15(3)10-16/h7-13H,5-6,14H2,1-4H3/b21-12+,25-23?. The summed E-state index contributed by atoms with van der Waals surface area (Å²) in [6.45, 7) is 7.65. The summed E-state index contributed by atoms with van der Waals surface area (Å²) < 4.78 is 12.4. The number of amidine groups is 1. The Morgan fingerprint density at radius 1 is 1.20 bits per heavy atom. The Bertz CT molecular complexity index is 1000.